The summed E-state index contributed by atoms with van der Waals surface area (Å²) in [6, 6.07) is 8.59. The molecule has 0 saturated carbocycles. The van der Waals surface area contributed by atoms with E-state index in [0.717, 1.165) is 31.7 Å². The predicted octanol–water partition coefficient (Wildman–Crippen LogP) is 2.20. The number of hydrogen-bond acceptors (Lipinski definition) is 3. The molecule has 1 amide bonds. The van der Waals surface area contributed by atoms with Crippen LogP contribution in [0.15, 0.2) is 24.3 Å². The number of ether oxygens (including phenoxy) is 1. The van der Waals surface area contributed by atoms with E-state index in [2.05, 4.69) is 36.6 Å². The van der Waals surface area contributed by atoms with E-state index in [0.29, 0.717) is 5.92 Å². The van der Waals surface area contributed by atoms with Crippen LogP contribution in [-0.4, -0.2) is 31.2 Å². The molecule has 2 aliphatic rings. The van der Waals surface area contributed by atoms with Gasteiger partial charge in [0.15, 0.2) is 0 Å². The molecule has 1 saturated heterocycles. The number of anilines is 1. The van der Waals surface area contributed by atoms with Gasteiger partial charge in [-0.1, -0.05) is 18.2 Å². The molecule has 1 aromatic rings. The minimum atomic E-state index is -0.00956. The number of amides is 1. The predicted molar refractivity (Wildman–Crippen MR) is 83.3 cm³/mol. The number of carbonyl (C=O) groups excluding carboxylic acids is 1. The first kappa shape index (κ1) is 14.4. The standard InChI is InChI=1S/C17H24N2O2/c1-11(14-7-8-21-10-14)19-17(20)15-9-13-5-3-4-6-16(13)18-12(15)2/h3-6,11-12,14-15,18H,7-10H2,1-2H3,(H,19,20). The second kappa shape index (κ2) is 6.06. The normalized spacial score (nSPS) is 29.3. The Morgan fingerprint density at radius 1 is 1.43 bits per heavy atom. The first-order chi connectivity index (χ1) is 10.1. The van der Waals surface area contributed by atoms with Gasteiger partial charge < -0.3 is 15.4 Å². The lowest BCUT2D eigenvalue weighted by molar-refractivity contribution is -0.126. The highest BCUT2D eigenvalue weighted by Gasteiger charge is 2.32. The summed E-state index contributed by atoms with van der Waals surface area (Å²) in [7, 11) is 0. The van der Waals surface area contributed by atoms with Gasteiger partial charge in [-0.3, -0.25) is 4.79 Å². The molecule has 0 bridgehead atoms. The van der Waals surface area contributed by atoms with Gasteiger partial charge >= 0.3 is 0 Å². The lowest BCUT2D eigenvalue weighted by Gasteiger charge is -2.33. The number of fused-ring (bicyclic) bond motifs is 1. The first-order valence-corrected chi connectivity index (χ1v) is 7.87. The maximum atomic E-state index is 12.6. The summed E-state index contributed by atoms with van der Waals surface area (Å²) in [4.78, 5) is 12.6. The summed E-state index contributed by atoms with van der Waals surface area (Å²) in [5.41, 5.74) is 2.39. The van der Waals surface area contributed by atoms with Crippen molar-refractivity contribution in [3.63, 3.8) is 0 Å². The Labute approximate surface area is 126 Å². The lowest BCUT2D eigenvalue weighted by Crippen LogP contribution is -2.48. The van der Waals surface area contributed by atoms with E-state index in [1.54, 1.807) is 0 Å². The Morgan fingerprint density at radius 3 is 3.00 bits per heavy atom. The van der Waals surface area contributed by atoms with Crippen LogP contribution in [0.4, 0.5) is 5.69 Å². The molecule has 0 aromatic heterocycles. The van der Waals surface area contributed by atoms with E-state index in [-0.39, 0.29) is 23.9 Å². The van der Waals surface area contributed by atoms with Crippen LogP contribution >= 0.6 is 0 Å². The average Bonchev–Trinajstić information content (AvgIpc) is 3.00. The van der Waals surface area contributed by atoms with Crippen molar-refractivity contribution in [1.29, 1.82) is 0 Å². The molecule has 2 heterocycles. The van der Waals surface area contributed by atoms with Gasteiger partial charge in [0.25, 0.3) is 0 Å². The van der Waals surface area contributed by atoms with Crippen molar-refractivity contribution in [2.75, 3.05) is 18.5 Å². The van der Waals surface area contributed by atoms with E-state index in [1.807, 2.05) is 12.1 Å². The van der Waals surface area contributed by atoms with Crippen molar-refractivity contribution < 1.29 is 9.53 Å². The van der Waals surface area contributed by atoms with Crippen molar-refractivity contribution in [2.45, 2.75) is 38.8 Å². The van der Waals surface area contributed by atoms with Gasteiger partial charge in [0.2, 0.25) is 5.91 Å². The minimum Gasteiger partial charge on any atom is -0.382 e. The Kier molecular flexibility index (Phi) is 4.15. The summed E-state index contributed by atoms with van der Waals surface area (Å²) < 4.78 is 5.41. The number of nitrogens with one attached hydrogen (secondary N) is 2. The van der Waals surface area contributed by atoms with Gasteiger partial charge in [0.1, 0.15) is 0 Å². The van der Waals surface area contributed by atoms with Crippen LogP contribution in [0.25, 0.3) is 0 Å². The molecule has 1 aromatic carbocycles. The number of rotatable bonds is 3. The molecule has 21 heavy (non-hydrogen) atoms. The molecule has 4 unspecified atom stereocenters. The number of benzene rings is 1. The van der Waals surface area contributed by atoms with Crippen LogP contribution in [-0.2, 0) is 16.0 Å². The highest BCUT2D eigenvalue weighted by atomic mass is 16.5. The number of carbonyl (C=O) groups is 1. The van der Waals surface area contributed by atoms with E-state index >= 15 is 0 Å². The van der Waals surface area contributed by atoms with Gasteiger partial charge in [-0.25, -0.2) is 0 Å². The third kappa shape index (κ3) is 3.05. The average molecular weight is 288 g/mol. The second-order valence-corrected chi connectivity index (χ2v) is 6.32. The zero-order valence-electron chi connectivity index (χ0n) is 12.8. The highest BCUT2D eigenvalue weighted by molar-refractivity contribution is 5.81. The lowest BCUT2D eigenvalue weighted by atomic mass is 9.87. The van der Waals surface area contributed by atoms with Crippen LogP contribution in [0.3, 0.4) is 0 Å². The highest BCUT2D eigenvalue weighted by Crippen LogP contribution is 2.28. The zero-order chi connectivity index (χ0) is 14.8. The van der Waals surface area contributed by atoms with Gasteiger partial charge in [-0.05, 0) is 38.3 Å². The van der Waals surface area contributed by atoms with Crippen molar-refractivity contribution in [3.8, 4) is 0 Å². The van der Waals surface area contributed by atoms with Gasteiger partial charge in [-0.15, -0.1) is 0 Å². The second-order valence-electron chi connectivity index (χ2n) is 6.32. The summed E-state index contributed by atoms with van der Waals surface area (Å²) in [6.45, 7) is 5.76. The Morgan fingerprint density at radius 2 is 2.24 bits per heavy atom. The maximum absolute atomic E-state index is 12.6. The van der Waals surface area contributed by atoms with Crippen LogP contribution < -0.4 is 10.6 Å². The molecule has 4 heteroatoms. The smallest absolute Gasteiger partial charge is 0.225 e. The Balaban J connectivity index is 1.64. The number of hydrogen-bond donors (Lipinski definition) is 2. The molecule has 0 spiro atoms. The summed E-state index contributed by atoms with van der Waals surface area (Å²) in [5.74, 6) is 0.599. The number of para-hydroxylation sites is 1. The molecular formula is C17H24N2O2. The third-order valence-corrected chi connectivity index (χ3v) is 4.82. The monoisotopic (exact) mass is 288 g/mol. The Hall–Kier alpha value is -1.55. The molecule has 1 fully saturated rings. The van der Waals surface area contributed by atoms with Gasteiger partial charge in [-0.2, -0.15) is 0 Å². The van der Waals surface area contributed by atoms with Crippen LogP contribution in [0.1, 0.15) is 25.8 Å². The fourth-order valence-corrected chi connectivity index (χ4v) is 3.31. The largest absolute Gasteiger partial charge is 0.382 e. The SMILES string of the molecule is CC(NC(=O)C1Cc2ccccc2NC1C)C1CCOC1. The molecule has 3 rings (SSSR count). The van der Waals surface area contributed by atoms with E-state index in [1.165, 1.54) is 5.56 Å². The minimum absolute atomic E-state index is 0.00956. The molecule has 0 radical (unpaired) electrons. The van der Waals surface area contributed by atoms with Crippen molar-refractivity contribution in [2.24, 2.45) is 11.8 Å². The van der Waals surface area contributed by atoms with E-state index in [4.69, 9.17) is 4.74 Å². The molecule has 0 aliphatic carbocycles. The maximum Gasteiger partial charge on any atom is 0.225 e. The summed E-state index contributed by atoms with van der Waals surface area (Å²) in [5, 5.41) is 6.64. The molecule has 4 atom stereocenters. The van der Waals surface area contributed by atoms with E-state index < -0.39 is 0 Å². The van der Waals surface area contributed by atoms with Crippen LogP contribution in [0, 0.1) is 11.8 Å². The third-order valence-electron chi connectivity index (χ3n) is 4.82. The topological polar surface area (TPSA) is 50.4 Å². The quantitative estimate of drug-likeness (QED) is 0.896. The molecular weight excluding hydrogens is 264 g/mol. The van der Waals surface area contributed by atoms with E-state index in [9.17, 15) is 4.79 Å². The molecule has 114 valence electrons. The van der Waals surface area contributed by atoms with Crippen LogP contribution in [0.5, 0.6) is 0 Å². The molecule has 2 aliphatic heterocycles. The first-order valence-electron chi connectivity index (χ1n) is 7.87. The summed E-state index contributed by atoms with van der Waals surface area (Å²) in [6.07, 6.45) is 1.85. The fourth-order valence-electron chi connectivity index (χ4n) is 3.31. The zero-order valence-corrected chi connectivity index (χ0v) is 12.8. The fraction of sp³-hybridized carbons (Fsp3) is 0.588. The van der Waals surface area contributed by atoms with Crippen molar-refractivity contribution >= 4 is 11.6 Å². The van der Waals surface area contributed by atoms with Crippen molar-refractivity contribution in [3.05, 3.63) is 29.8 Å². The Bertz CT molecular complexity index is 511. The molecule has 4 nitrogen and oxygen atoms in total. The van der Waals surface area contributed by atoms with Gasteiger partial charge in [0, 0.05) is 30.3 Å². The van der Waals surface area contributed by atoms with Crippen molar-refractivity contribution in [1.82, 2.24) is 5.32 Å². The molecule has 2 N–H and O–H groups in total. The summed E-state index contributed by atoms with van der Waals surface area (Å²) >= 11 is 0. The van der Waals surface area contributed by atoms with Gasteiger partial charge in [0.05, 0.1) is 12.5 Å². The van der Waals surface area contributed by atoms with Crippen LogP contribution in [0.2, 0.25) is 0 Å².